The smallest absolute Gasteiger partial charge is 0.121 e. The summed E-state index contributed by atoms with van der Waals surface area (Å²) >= 11 is 3.50. The van der Waals surface area contributed by atoms with Crippen LogP contribution in [0.2, 0.25) is 0 Å². The average Bonchev–Trinajstić information content (AvgIpc) is 3.27. The SMILES string of the molecule is COc1ccc(CNC2(c3ccc(Br)cc3)CC2)cc1C. The first-order chi connectivity index (χ1) is 10.1. The Morgan fingerprint density at radius 2 is 1.86 bits per heavy atom. The number of nitrogens with one attached hydrogen (secondary N) is 1. The second-order valence-corrected chi connectivity index (χ2v) is 6.66. The van der Waals surface area contributed by atoms with Crippen molar-refractivity contribution in [2.75, 3.05) is 7.11 Å². The fraction of sp³-hybridized carbons (Fsp3) is 0.333. The van der Waals surface area contributed by atoms with Gasteiger partial charge in [0.1, 0.15) is 5.75 Å². The van der Waals surface area contributed by atoms with Crippen LogP contribution in [0, 0.1) is 6.92 Å². The van der Waals surface area contributed by atoms with E-state index in [2.05, 4.69) is 64.6 Å². The maximum absolute atomic E-state index is 5.31. The number of halogens is 1. The van der Waals surface area contributed by atoms with Crippen molar-refractivity contribution in [2.24, 2.45) is 0 Å². The van der Waals surface area contributed by atoms with Gasteiger partial charge in [-0.05, 0) is 54.7 Å². The summed E-state index contributed by atoms with van der Waals surface area (Å²) in [5, 5.41) is 3.73. The molecule has 0 atom stereocenters. The summed E-state index contributed by atoms with van der Waals surface area (Å²) in [5.41, 5.74) is 4.05. The molecule has 0 saturated heterocycles. The molecule has 3 heteroatoms. The molecule has 0 unspecified atom stereocenters. The van der Waals surface area contributed by atoms with E-state index in [1.807, 2.05) is 6.07 Å². The molecule has 0 radical (unpaired) electrons. The number of rotatable bonds is 5. The first kappa shape index (κ1) is 14.6. The predicted molar refractivity (Wildman–Crippen MR) is 89.6 cm³/mol. The van der Waals surface area contributed by atoms with E-state index in [1.165, 1.54) is 29.5 Å². The van der Waals surface area contributed by atoms with Crippen molar-refractivity contribution >= 4 is 15.9 Å². The minimum absolute atomic E-state index is 0.175. The standard InChI is InChI=1S/C18H20BrNO/c1-13-11-14(3-8-17(13)21-2)12-20-18(9-10-18)15-4-6-16(19)7-5-15/h3-8,11,20H,9-10,12H2,1-2H3. The van der Waals surface area contributed by atoms with Crippen LogP contribution in [0.4, 0.5) is 0 Å². The summed E-state index contributed by atoms with van der Waals surface area (Å²) in [6.07, 6.45) is 2.42. The van der Waals surface area contributed by atoms with Crippen LogP contribution < -0.4 is 10.1 Å². The Bertz CT molecular complexity index is 632. The summed E-state index contributed by atoms with van der Waals surface area (Å²) in [5.74, 6) is 0.952. The van der Waals surface area contributed by atoms with Crippen LogP contribution in [0.15, 0.2) is 46.9 Å². The molecule has 2 aromatic carbocycles. The molecule has 21 heavy (non-hydrogen) atoms. The predicted octanol–water partition coefficient (Wildman–Crippen LogP) is 4.55. The van der Waals surface area contributed by atoms with Crippen molar-refractivity contribution < 1.29 is 4.74 Å². The molecule has 3 rings (SSSR count). The average molecular weight is 346 g/mol. The van der Waals surface area contributed by atoms with Gasteiger partial charge in [-0.2, -0.15) is 0 Å². The van der Waals surface area contributed by atoms with Crippen molar-refractivity contribution in [3.05, 3.63) is 63.6 Å². The van der Waals surface area contributed by atoms with Crippen LogP contribution in [0.1, 0.15) is 29.5 Å². The second-order valence-electron chi connectivity index (χ2n) is 5.75. The lowest BCUT2D eigenvalue weighted by Crippen LogP contribution is -2.28. The number of aryl methyl sites for hydroxylation is 1. The maximum atomic E-state index is 5.31. The minimum atomic E-state index is 0.175. The van der Waals surface area contributed by atoms with E-state index < -0.39 is 0 Å². The monoisotopic (exact) mass is 345 g/mol. The summed E-state index contributed by atoms with van der Waals surface area (Å²) < 4.78 is 6.45. The van der Waals surface area contributed by atoms with Crippen LogP contribution in [-0.2, 0) is 12.1 Å². The Hall–Kier alpha value is -1.32. The van der Waals surface area contributed by atoms with E-state index in [9.17, 15) is 0 Å². The summed E-state index contributed by atoms with van der Waals surface area (Å²) in [6.45, 7) is 2.98. The second kappa shape index (κ2) is 5.82. The first-order valence-corrected chi connectivity index (χ1v) is 8.07. The zero-order chi connectivity index (χ0) is 14.9. The molecule has 1 N–H and O–H groups in total. The Morgan fingerprint density at radius 3 is 2.43 bits per heavy atom. The summed E-state index contributed by atoms with van der Waals surface area (Å²) in [7, 11) is 1.72. The molecular weight excluding hydrogens is 326 g/mol. The highest BCUT2D eigenvalue weighted by Crippen LogP contribution is 2.45. The van der Waals surface area contributed by atoms with Gasteiger partial charge in [-0.15, -0.1) is 0 Å². The van der Waals surface area contributed by atoms with E-state index in [0.717, 1.165) is 16.8 Å². The lowest BCUT2D eigenvalue weighted by atomic mass is 10.0. The van der Waals surface area contributed by atoms with Gasteiger partial charge in [0, 0.05) is 16.6 Å². The molecule has 1 saturated carbocycles. The van der Waals surface area contributed by atoms with E-state index in [0.29, 0.717) is 0 Å². The van der Waals surface area contributed by atoms with Crippen molar-refractivity contribution in [3.8, 4) is 5.75 Å². The molecule has 0 bridgehead atoms. The van der Waals surface area contributed by atoms with Crippen molar-refractivity contribution in [3.63, 3.8) is 0 Å². The maximum Gasteiger partial charge on any atom is 0.121 e. The largest absolute Gasteiger partial charge is 0.496 e. The van der Waals surface area contributed by atoms with Crippen LogP contribution in [0.5, 0.6) is 5.75 Å². The van der Waals surface area contributed by atoms with E-state index >= 15 is 0 Å². The number of hydrogen-bond acceptors (Lipinski definition) is 2. The molecule has 0 aromatic heterocycles. The third-order valence-corrected chi connectivity index (χ3v) is 4.77. The van der Waals surface area contributed by atoms with Crippen LogP contribution in [0.25, 0.3) is 0 Å². The third kappa shape index (κ3) is 3.14. The molecule has 2 aromatic rings. The molecular formula is C18H20BrNO. The van der Waals surface area contributed by atoms with Crippen molar-refractivity contribution in [2.45, 2.75) is 31.8 Å². The van der Waals surface area contributed by atoms with E-state index in [4.69, 9.17) is 4.74 Å². The van der Waals surface area contributed by atoms with Crippen LogP contribution >= 0.6 is 15.9 Å². The van der Waals surface area contributed by atoms with E-state index in [-0.39, 0.29) is 5.54 Å². The van der Waals surface area contributed by atoms with Crippen molar-refractivity contribution in [1.29, 1.82) is 0 Å². The zero-order valence-electron chi connectivity index (χ0n) is 12.4. The minimum Gasteiger partial charge on any atom is -0.496 e. The Kier molecular flexibility index (Phi) is 4.05. The highest BCUT2D eigenvalue weighted by atomic mass is 79.9. The van der Waals surface area contributed by atoms with Gasteiger partial charge in [-0.1, -0.05) is 40.2 Å². The highest BCUT2D eigenvalue weighted by molar-refractivity contribution is 9.10. The summed E-state index contributed by atoms with van der Waals surface area (Å²) in [4.78, 5) is 0. The normalized spacial score (nSPS) is 15.8. The molecule has 1 aliphatic rings. The van der Waals surface area contributed by atoms with Gasteiger partial charge < -0.3 is 10.1 Å². The molecule has 1 aliphatic carbocycles. The molecule has 0 spiro atoms. The van der Waals surface area contributed by atoms with Gasteiger partial charge in [0.25, 0.3) is 0 Å². The number of hydrogen-bond donors (Lipinski definition) is 1. The number of benzene rings is 2. The topological polar surface area (TPSA) is 21.3 Å². The molecule has 2 nitrogen and oxygen atoms in total. The van der Waals surface area contributed by atoms with Crippen molar-refractivity contribution in [1.82, 2.24) is 5.32 Å². The third-order valence-electron chi connectivity index (χ3n) is 4.24. The lowest BCUT2D eigenvalue weighted by Gasteiger charge is -2.18. The van der Waals surface area contributed by atoms with Gasteiger partial charge in [-0.3, -0.25) is 0 Å². The number of ether oxygens (including phenoxy) is 1. The number of methoxy groups -OCH3 is 1. The molecule has 0 amide bonds. The quantitative estimate of drug-likeness (QED) is 0.858. The molecule has 1 fully saturated rings. The lowest BCUT2D eigenvalue weighted by molar-refractivity contribution is 0.411. The molecule has 0 aliphatic heterocycles. The Balaban J connectivity index is 1.70. The molecule has 110 valence electrons. The van der Waals surface area contributed by atoms with Crippen LogP contribution in [-0.4, -0.2) is 7.11 Å². The van der Waals surface area contributed by atoms with E-state index in [1.54, 1.807) is 7.11 Å². The Labute approximate surface area is 134 Å². The van der Waals surface area contributed by atoms with Gasteiger partial charge in [0.2, 0.25) is 0 Å². The Morgan fingerprint density at radius 1 is 1.14 bits per heavy atom. The highest BCUT2D eigenvalue weighted by Gasteiger charge is 2.43. The molecule has 0 heterocycles. The van der Waals surface area contributed by atoms with Gasteiger partial charge >= 0.3 is 0 Å². The van der Waals surface area contributed by atoms with Gasteiger partial charge in [-0.25, -0.2) is 0 Å². The summed E-state index contributed by atoms with van der Waals surface area (Å²) in [6, 6.07) is 15.0. The van der Waals surface area contributed by atoms with Crippen LogP contribution in [0.3, 0.4) is 0 Å². The zero-order valence-corrected chi connectivity index (χ0v) is 14.0. The van der Waals surface area contributed by atoms with Gasteiger partial charge in [0.15, 0.2) is 0 Å². The fourth-order valence-electron chi connectivity index (χ4n) is 2.78. The first-order valence-electron chi connectivity index (χ1n) is 7.27. The fourth-order valence-corrected chi connectivity index (χ4v) is 3.05. The van der Waals surface area contributed by atoms with Gasteiger partial charge in [0.05, 0.1) is 7.11 Å².